The first-order valence-electron chi connectivity index (χ1n) is 13.5. The van der Waals surface area contributed by atoms with E-state index in [9.17, 15) is 23.1 Å². The van der Waals surface area contributed by atoms with Gasteiger partial charge in [-0.15, -0.1) is 0 Å². The first-order chi connectivity index (χ1) is 19.6. The third-order valence-corrected chi connectivity index (χ3v) is 7.76. The molecule has 3 fully saturated rings. The van der Waals surface area contributed by atoms with Crippen LogP contribution < -0.4 is 9.64 Å². The maximum Gasteiger partial charge on any atom is 0.422 e. The van der Waals surface area contributed by atoms with Gasteiger partial charge in [-0.05, 0) is 30.9 Å². The number of benzene rings is 1. The van der Waals surface area contributed by atoms with E-state index < -0.39 is 42.9 Å². The molecule has 4 atom stereocenters. The Morgan fingerprint density at radius 3 is 2.56 bits per heavy atom. The standard InChI is InChI=1S/C28H29F4N3O6/c29-18-10-19-20(11-23(33-19)41-22-13-39-26-21(36)12-38-27(22)26)34-25(18)16-1-3-17(4-2-16)35-7-5-15(6-8-35)9-24(37)40-14-28(30,31)32/h1-4,10-11,15,21-22,26-27,33,36H,5-9,12-14H2/t21-,22-,26-,27-/m1/s1. The fourth-order valence-corrected chi connectivity index (χ4v) is 5.66. The number of piperidine rings is 1. The fourth-order valence-electron chi connectivity index (χ4n) is 5.66. The van der Waals surface area contributed by atoms with Crippen LogP contribution in [0.2, 0.25) is 0 Å². The van der Waals surface area contributed by atoms with Crippen molar-refractivity contribution in [1.29, 1.82) is 0 Å². The summed E-state index contributed by atoms with van der Waals surface area (Å²) in [5, 5.41) is 9.92. The molecule has 3 aliphatic rings. The van der Waals surface area contributed by atoms with Crippen molar-refractivity contribution >= 4 is 22.7 Å². The van der Waals surface area contributed by atoms with Gasteiger partial charge in [0.1, 0.15) is 24.0 Å². The molecule has 2 N–H and O–H groups in total. The van der Waals surface area contributed by atoms with E-state index in [0.717, 1.165) is 5.69 Å². The summed E-state index contributed by atoms with van der Waals surface area (Å²) in [5.74, 6) is -0.966. The zero-order chi connectivity index (χ0) is 28.7. The molecule has 0 amide bonds. The lowest BCUT2D eigenvalue weighted by Crippen LogP contribution is -2.34. The maximum absolute atomic E-state index is 15.1. The number of nitrogens with zero attached hydrogens (tertiary/aromatic N) is 2. The van der Waals surface area contributed by atoms with Gasteiger partial charge in [0.15, 0.2) is 24.4 Å². The van der Waals surface area contributed by atoms with E-state index in [4.69, 9.17) is 14.2 Å². The number of alkyl halides is 3. The van der Waals surface area contributed by atoms with Crippen LogP contribution in [-0.4, -0.2) is 84.5 Å². The van der Waals surface area contributed by atoms with Crippen molar-refractivity contribution in [3.63, 3.8) is 0 Å². The number of aliphatic hydroxyl groups excluding tert-OH is 1. The van der Waals surface area contributed by atoms with Gasteiger partial charge in [0.2, 0.25) is 0 Å². The second-order valence-corrected chi connectivity index (χ2v) is 10.7. The molecule has 0 unspecified atom stereocenters. The summed E-state index contributed by atoms with van der Waals surface area (Å²) in [4.78, 5) is 21.4. The Labute approximate surface area is 232 Å². The van der Waals surface area contributed by atoms with E-state index in [2.05, 4.69) is 19.6 Å². The molecule has 0 bridgehead atoms. The topological polar surface area (TPSA) is 106 Å². The molecule has 0 saturated carbocycles. The zero-order valence-corrected chi connectivity index (χ0v) is 21.9. The van der Waals surface area contributed by atoms with Crippen molar-refractivity contribution in [1.82, 2.24) is 9.97 Å². The highest BCUT2D eigenvalue weighted by atomic mass is 19.4. The molecule has 3 aliphatic heterocycles. The van der Waals surface area contributed by atoms with Crippen LogP contribution in [0, 0.1) is 11.7 Å². The number of ether oxygens (including phenoxy) is 4. The summed E-state index contributed by atoms with van der Waals surface area (Å²) < 4.78 is 73.3. The van der Waals surface area contributed by atoms with Gasteiger partial charge >= 0.3 is 12.1 Å². The first kappa shape index (κ1) is 27.7. The molecule has 41 heavy (non-hydrogen) atoms. The third-order valence-electron chi connectivity index (χ3n) is 7.76. The number of aromatic amines is 1. The number of H-pyrrole nitrogens is 1. The summed E-state index contributed by atoms with van der Waals surface area (Å²) in [6.07, 6.45) is -5.15. The number of esters is 1. The van der Waals surface area contributed by atoms with Crippen molar-refractivity contribution in [2.45, 2.75) is 49.9 Å². The molecule has 1 aromatic carbocycles. The molecule has 5 heterocycles. The van der Waals surface area contributed by atoms with Crippen LogP contribution in [0.5, 0.6) is 5.88 Å². The van der Waals surface area contributed by atoms with Crippen molar-refractivity contribution < 1.29 is 46.4 Å². The second-order valence-electron chi connectivity index (χ2n) is 10.7. The Morgan fingerprint density at radius 2 is 1.83 bits per heavy atom. The van der Waals surface area contributed by atoms with Crippen LogP contribution in [-0.2, 0) is 19.0 Å². The average Bonchev–Trinajstić information content (AvgIpc) is 3.64. The van der Waals surface area contributed by atoms with Crippen molar-refractivity contribution in [3.8, 4) is 17.1 Å². The van der Waals surface area contributed by atoms with Crippen LogP contribution in [0.25, 0.3) is 22.3 Å². The zero-order valence-electron chi connectivity index (χ0n) is 21.9. The Bertz CT molecular complexity index is 1390. The quantitative estimate of drug-likeness (QED) is 0.320. The minimum atomic E-state index is -4.53. The van der Waals surface area contributed by atoms with E-state index in [1.54, 1.807) is 18.2 Å². The van der Waals surface area contributed by atoms with Crippen LogP contribution in [0.4, 0.5) is 23.2 Å². The molecule has 6 rings (SSSR count). The fraction of sp³-hybridized carbons (Fsp3) is 0.500. The molecular formula is C28H29F4N3O6. The van der Waals surface area contributed by atoms with Crippen LogP contribution in [0.15, 0.2) is 36.4 Å². The number of anilines is 1. The highest BCUT2D eigenvalue weighted by molar-refractivity contribution is 5.81. The number of rotatable bonds is 7. The van der Waals surface area contributed by atoms with Crippen molar-refractivity contribution in [2.75, 3.05) is 37.8 Å². The van der Waals surface area contributed by atoms with E-state index in [1.807, 2.05) is 12.1 Å². The van der Waals surface area contributed by atoms with E-state index in [1.165, 1.54) is 6.07 Å². The van der Waals surface area contributed by atoms with Crippen LogP contribution >= 0.6 is 0 Å². The molecule has 220 valence electrons. The van der Waals surface area contributed by atoms with Gasteiger partial charge in [0, 0.05) is 42.9 Å². The molecular weight excluding hydrogens is 550 g/mol. The van der Waals surface area contributed by atoms with E-state index >= 15 is 4.39 Å². The number of hydrogen-bond acceptors (Lipinski definition) is 8. The van der Waals surface area contributed by atoms with Gasteiger partial charge in [-0.3, -0.25) is 4.79 Å². The number of carbonyl (C=O) groups excluding carboxylic acids is 1. The Balaban J connectivity index is 1.07. The highest BCUT2D eigenvalue weighted by Gasteiger charge is 2.48. The number of carbonyl (C=O) groups is 1. The smallest absolute Gasteiger partial charge is 0.422 e. The lowest BCUT2D eigenvalue weighted by molar-refractivity contribution is -0.187. The van der Waals surface area contributed by atoms with Gasteiger partial charge in [-0.25, -0.2) is 9.37 Å². The summed E-state index contributed by atoms with van der Waals surface area (Å²) >= 11 is 0. The molecule has 3 aromatic rings. The SMILES string of the molecule is O=C(CC1CCN(c2ccc(-c3nc4cc(O[C@@H]5CO[C@H]6[C@@H]5OC[C@H]6O)[nH]c4cc3F)cc2)CC1)OCC(F)(F)F. The van der Waals surface area contributed by atoms with Gasteiger partial charge in [-0.1, -0.05) is 12.1 Å². The third kappa shape index (κ3) is 6.11. The molecule has 0 spiro atoms. The first-order valence-corrected chi connectivity index (χ1v) is 13.5. The maximum atomic E-state index is 15.1. The molecule has 2 aromatic heterocycles. The normalized spacial score (nSPS) is 25.0. The van der Waals surface area contributed by atoms with Gasteiger partial charge in [0.25, 0.3) is 0 Å². The molecule has 0 radical (unpaired) electrons. The lowest BCUT2D eigenvalue weighted by atomic mass is 9.93. The van der Waals surface area contributed by atoms with E-state index in [0.29, 0.717) is 48.4 Å². The highest BCUT2D eigenvalue weighted by Crippen LogP contribution is 2.33. The monoisotopic (exact) mass is 579 g/mol. The predicted octanol–water partition coefficient (Wildman–Crippen LogP) is 3.99. The molecule has 3 saturated heterocycles. The second kappa shape index (κ2) is 11.1. The number of pyridine rings is 1. The van der Waals surface area contributed by atoms with Crippen molar-refractivity contribution in [3.05, 3.63) is 42.2 Å². The number of nitrogens with one attached hydrogen (secondary N) is 1. The molecule has 13 heteroatoms. The average molecular weight is 580 g/mol. The Kier molecular flexibility index (Phi) is 7.51. The summed E-state index contributed by atoms with van der Waals surface area (Å²) in [5.41, 5.74) is 2.71. The summed E-state index contributed by atoms with van der Waals surface area (Å²) in [6, 6.07) is 10.4. The van der Waals surface area contributed by atoms with Gasteiger partial charge in [0.05, 0.1) is 24.2 Å². The number of hydrogen-bond donors (Lipinski definition) is 2. The molecule has 9 nitrogen and oxygen atoms in total. The van der Waals surface area contributed by atoms with Gasteiger partial charge in [-0.2, -0.15) is 13.2 Å². The lowest BCUT2D eigenvalue weighted by Gasteiger charge is -2.33. The predicted molar refractivity (Wildman–Crippen MR) is 138 cm³/mol. The van der Waals surface area contributed by atoms with Crippen LogP contribution in [0.1, 0.15) is 19.3 Å². The van der Waals surface area contributed by atoms with E-state index in [-0.39, 0.29) is 37.4 Å². The number of aliphatic hydroxyl groups is 1. The molecule has 0 aliphatic carbocycles. The van der Waals surface area contributed by atoms with Crippen molar-refractivity contribution in [2.24, 2.45) is 5.92 Å². The van der Waals surface area contributed by atoms with Gasteiger partial charge < -0.3 is 33.9 Å². The minimum absolute atomic E-state index is 0.0331. The summed E-state index contributed by atoms with van der Waals surface area (Å²) in [7, 11) is 0. The number of aromatic nitrogens is 2. The van der Waals surface area contributed by atoms with Crippen LogP contribution in [0.3, 0.4) is 0 Å². The Hall–Kier alpha value is -3.42. The minimum Gasteiger partial charge on any atom is -0.470 e. The number of halogens is 4. The summed E-state index contributed by atoms with van der Waals surface area (Å²) in [6.45, 7) is 0.182. The largest absolute Gasteiger partial charge is 0.470 e. The number of fused-ring (bicyclic) bond motifs is 2. The Morgan fingerprint density at radius 1 is 1.10 bits per heavy atom.